The second kappa shape index (κ2) is 10.0. The van der Waals surface area contributed by atoms with Crippen molar-refractivity contribution in [2.75, 3.05) is 25.4 Å². The highest BCUT2D eigenvalue weighted by Crippen LogP contribution is 2.24. The number of aliphatic hydroxyl groups is 2. The van der Waals surface area contributed by atoms with Gasteiger partial charge in [-0.2, -0.15) is 0 Å². The third-order valence-electron chi connectivity index (χ3n) is 5.06. The van der Waals surface area contributed by atoms with Gasteiger partial charge in [-0.25, -0.2) is 0 Å². The Balaban J connectivity index is 1.78. The van der Waals surface area contributed by atoms with Crippen LogP contribution in [-0.4, -0.2) is 34.8 Å². The fraction of sp³-hybridized carbons (Fsp3) is 0.250. The van der Waals surface area contributed by atoms with Crippen LogP contribution in [0.15, 0.2) is 84.9 Å². The third-order valence-corrected chi connectivity index (χ3v) is 5.06. The monoisotopic (exact) mass is 376 g/mol. The molecular formula is C24H28N2O2. The van der Waals surface area contributed by atoms with E-state index in [1.54, 1.807) is 0 Å². The molecule has 0 spiro atoms. The van der Waals surface area contributed by atoms with Gasteiger partial charge in [0.05, 0.1) is 18.8 Å². The van der Waals surface area contributed by atoms with E-state index in [4.69, 9.17) is 5.73 Å². The number of anilines is 1. The Bertz CT molecular complexity index is 822. The van der Waals surface area contributed by atoms with Crippen LogP contribution in [0.4, 0.5) is 5.69 Å². The normalized spacial score (nSPS) is 13.4. The average Bonchev–Trinajstić information content (AvgIpc) is 2.75. The van der Waals surface area contributed by atoms with Gasteiger partial charge in [-0.15, -0.1) is 0 Å². The van der Waals surface area contributed by atoms with Gasteiger partial charge in [0.2, 0.25) is 0 Å². The second-order valence-electron chi connectivity index (χ2n) is 7.02. The SMILES string of the molecule is Nc1ccc(CCN(CC(O)c2ccccc2)C(CO)c2ccccc2)cc1. The quantitative estimate of drug-likeness (QED) is 0.499. The average molecular weight is 377 g/mol. The Morgan fingerprint density at radius 3 is 1.93 bits per heavy atom. The Hall–Kier alpha value is -2.66. The van der Waals surface area contributed by atoms with Crippen molar-refractivity contribution in [1.29, 1.82) is 0 Å². The third kappa shape index (κ3) is 5.42. The number of hydrogen-bond acceptors (Lipinski definition) is 4. The number of nitrogen functional groups attached to an aromatic ring is 1. The molecule has 2 unspecified atom stereocenters. The van der Waals surface area contributed by atoms with Crippen LogP contribution in [0.3, 0.4) is 0 Å². The lowest BCUT2D eigenvalue weighted by molar-refractivity contribution is 0.0621. The first-order valence-electron chi connectivity index (χ1n) is 9.64. The highest BCUT2D eigenvalue weighted by Gasteiger charge is 2.22. The zero-order chi connectivity index (χ0) is 19.8. The van der Waals surface area contributed by atoms with Gasteiger partial charge in [0.25, 0.3) is 0 Å². The topological polar surface area (TPSA) is 69.7 Å². The maximum absolute atomic E-state index is 10.8. The largest absolute Gasteiger partial charge is 0.399 e. The zero-order valence-corrected chi connectivity index (χ0v) is 16.0. The molecule has 0 amide bonds. The molecule has 3 rings (SSSR count). The Morgan fingerprint density at radius 2 is 1.36 bits per heavy atom. The number of nitrogens with two attached hydrogens (primary N) is 1. The molecule has 146 valence electrons. The van der Waals surface area contributed by atoms with E-state index in [9.17, 15) is 10.2 Å². The number of rotatable bonds is 9. The minimum Gasteiger partial charge on any atom is -0.399 e. The van der Waals surface area contributed by atoms with Gasteiger partial charge >= 0.3 is 0 Å². The van der Waals surface area contributed by atoms with Crippen molar-refractivity contribution in [3.63, 3.8) is 0 Å². The Morgan fingerprint density at radius 1 is 0.786 bits per heavy atom. The fourth-order valence-corrected chi connectivity index (χ4v) is 3.44. The summed E-state index contributed by atoms with van der Waals surface area (Å²) in [6.45, 7) is 1.15. The predicted molar refractivity (Wildman–Crippen MR) is 114 cm³/mol. The lowest BCUT2D eigenvalue weighted by atomic mass is 10.0. The van der Waals surface area contributed by atoms with Crippen LogP contribution in [0.1, 0.15) is 28.8 Å². The smallest absolute Gasteiger partial charge is 0.0917 e. The minimum atomic E-state index is -0.620. The molecule has 0 heterocycles. The van der Waals surface area contributed by atoms with E-state index >= 15 is 0 Å². The van der Waals surface area contributed by atoms with E-state index in [0.29, 0.717) is 13.1 Å². The first-order valence-corrected chi connectivity index (χ1v) is 9.64. The van der Waals surface area contributed by atoms with Crippen molar-refractivity contribution in [1.82, 2.24) is 4.90 Å². The van der Waals surface area contributed by atoms with Gasteiger partial charge < -0.3 is 15.9 Å². The molecule has 0 saturated carbocycles. The lowest BCUT2D eigenvalue weighted by Crippen LogP contribution is -2.36. The summed E-state index contributed by atoms with van der Waals surface area (Å²) in [4.78, 5) is 2.16. The molecule has 0 aliphatic carbocycles. The van der Waals surface area contributed by atoms with E-state index in [2.05, 4.69) is 4.90 Å². The predicted octanol–water partition coefficient (Wildman–Crippen LogP) is 3.58. The first-order chi connectivity index (χ1) is 13.7. The number of benzene rings is 3. The molecule has 3 aromatic rings. The van der Waals surface area contributed by atoms with Gasteiger partial charge in [-0.3, -0.25) is 4.90 Å². The van der Waals surface area contributed by atoms with Crippen molar-refractivity contribution in [2.45, 2.75) is 18.6 Å². The lowest BCUT2D eigenvalue weighted by Gasteiger charge is -2.32. The number of aliphatic hydroxyl groups excluding tert-OH is 2. The molecule has 3 aromatic carbocycles. The van der Waals surface area contributed by atoms with Crippen LogP contribution < -0.4 is 5.73 Å². The van der Waals surface area contributed by atoms with Gasteiger partial charge in [-0.05, 0) is 35.2 Å². The maximum atomic E-state index is 10.8. The van der Waals surface area contributed by atoms with Crippen LogP contribution in [0.2, 0.25) is 0 Å². The van der Waals surface area contributed by atoms with Gasteiger partial charge in [-0.1, -0.05) is 72.8 Å². The molecule has 4 heteroatoms. The van der Waals surface area contributed by atoms with E-state index in [-0.39, 0.29) is 12.6 Å². The van der Waals surface area contributed by atoms with Crippen molar-refractivity contribution >= 4 is 5.69 Å². The van der Waals surface area contributed by atoms with Crippen LogP contribution in [-0.2, 0) is 6.42 Å². The summed E-state index contributed by atoms with van der Waals surface area (Å²) < 4.78 is 0. The highest BCUT2D eigenvalue weighted by atomic mass is 16.3. The number of nitrogens with zero attached hydrogens (tertiary/aromatic N) is 1. The summed E-state index contributed by atoms with van der Waals surface area (Å²) in [5, 5.41) is 20.9. The Kier molecular flexibility index (Phi) is 7.20. The van der Waals surface area contributed by atoms with Crippen molar-refractivity contribution in [2.24, 2.45) is 0 Å². The van der Waals surface area contributed by atoms with Gasteiger partial charge in [0.1, 0.15) is 0 Å². The summed E-state index contributed by atoms with van der Waals surface area (Å²) in [6, 6.07) is 27.3. The van der Waals surface area contributed by atoms with Crippen molar-refractivity contribution in [3.05, 3.63) is 102 Å². The van der Waals surface area contributed by atoms with E-state index in [1.165, 1.54) is 5.56 Å². The molecule has 4 nitrogen and oxygen atoms in total. The van der Waals surface area contributed by atoms with Crippen LogP contribution in [0.25, 0.3) is 0 Å². The molecule has 4 N–H and O–H groups in total. The fourth-order valence-electron chi connectivity index (χ4n) is 3.44. The molecule has 0 saturated heterocycles. The molecular weight excluding hydrogens is 348 g/mol. The van der Waals surface area contributed by atoms with E-state index in [0.717, 1.165) is 23.2 Å². The minimum absolute atomic E-state index is 0.00669. The van der Waals surface area contributed by atoms with Gasteiger partial charge in [0.15, 0.2) is 0 Å². The molecule has 0 aromatic heterocycles. The molecule has 0 fully saturated rings. The summed E-state index contributed by atoms with van der Waals surface area (Å²) in [7, 11) is 0. The van der Waals surface area contributed by atoms with Crippen LogP contribution in [0, 0.1) is 0 Å². The van der Waals surface area contributed by atoms with Crippen molar-refractivity contribution < 1.29 is 10.2 Å². The van der Waals surface area contributed by atoms with Crippen LogP contribution >= 0.6 is 0 Å². The van der Waals surface area contributed by atoms with E-state index in [1.807, 2.05) is 84.9 Å². The maximum Gasteiger partial charge on any atom is 0.0917 e. The summed E-state index contributed by atoms with van der Waals surface area (Å²) >= 11 is 0. The molecule has 2 atom stereocenters. The summed E-state index contributed by atoms with van der Waals surface area (Å²) in [5.74, 6) is 0. The highest BCUT2D eigenvalue weighted by molar-refractivity contribution is 5.39. The molecule has 0 aliphatic heterocycles. The van der Waals surface area contributed by atoms with Gasteiger partial charge in [0, 0.05) is 18.8 Å². The molecule has 0 aliphatic rings. The van der Waals surface area contributed by atoms with E-state index < -0.39 is 6.10 Å². The zero-order valence-electron chi connectivity index (χ0n) is 16.0. The standard InChI is InChI=1S/C24H28N2O2/c25-22-13-11-19(12-14-22)15-16-26(17-24(28)21-9-5-2-6-10-21)23(18-27)20-7-3-1-4-8-20/h1-14,23-24,27-28H,15-18,25H2. The first kappa shape index (κ1) is 20.1. The van der Waals surface area contributed by atoms with Crippen molar-refractivity contribution in [3.8, 4) is 0 Å². The number of hydrogen-bond donors (Lipinski definition) is 3. The van der Waals surface area contributed by atoms with Crippen LogP contribution in [0.5, 0.6) is 0 Å². The molecule has 0 bridgehead atoms. The molecule has 0 radical (unpaired) electrons. The summed E-state index contributed by atoms with van der Waals surface area (Å²) in [5.41, 5.74) is 9.63. The Labute approximate surface area is 166 Å². The second-order valence-corrected chi connectivity index (χ2v) is 7.02. The molecule has 28 heavy (non-hydrogen) atoms. The summed E-state index contributed by atoms with van der Waals surface area (Å²) in [6.07, 6.45) is 0.191.